The molecule has 0 unspecified atom stereocenters. The third-order valence-corrected chi connectivity index (χ3v) is 4.00. The van der Waals surface area contributed by atoms with Crippen LogP contribution in [0.1, 0.15) is 27.4 Å². The molecule has 1 aromatic heterocycles. The van der Waals surface area contributed by atoms with Crippen molar-refractivity contribution in [3.05, 3.63) is 71.1 Å². The minimum Gasteiger partial charge on any atom is -0.451 e. The molecule has 6 nitrogen and oxygen atoms in total. The Bertz CT molecular complexity index is 977. The maximum absolute atomic E-state index is 12.3. The number of esters is 1. The van der Waals surface area contributed by atoms with Gasteiger partial charge in [0, 0.05) is 11.3 Å². The van der Waals surface area contributed by atoms with E-state index < -0.39 is 18.5 Å². The summed E-state index contributed by atoms with van der Waals surface area (Å²) in [6.07, 6.45) is 0. The summed E-state index contributed by atoms with van der Waals surface area (Å²) in [7, 11) is 0. The highest BCUT2D eigenvalue weighted by molar-refractivity contribution is 5.95. The minimum atomic E-state index is -0.700. The van der Waals surface area contributed by atoms with Gasteiger partial charge < -0.3 is 14.5 Å². The molecule has 0 radical (unpaired) electrons. The Hall–Kier alpha value is -3.41. The number of oxazole rings is 1. The quantitative estimate of drug-likeness (QED) is 0.691. The van der Waals surface area contributed by atoms with Gasteiger partial charge in [-0.05, 0) is 44.5 Å². The SMILES string of the molecule is Cc1ccc(NC(=O)COC(=O)c2nc(-c3ccccc3)oc2C)c(C)c1. The molecule has 6 heteroatoms. The fourth-order valence-corrected chi connectivity index (χ4v) is 2.63. The summed E-state index contributed by atoms with van der Waals surface area (Å²) < 4.78 is 10.6. The number of carbonyl (C=O) groups excluding carboxylic acids is 2. The van der Waals surface area contributed by atoms with Gasteiger partial charge in [0.05, 0.1) is 0 Å². The number of ether oxygens (including phenoxy) is 1. The lowest BCUT2D eigenvalue weighted by Crippen LogP contribution is -2.21. The zero-order valence-corrected chi connectivity index (χ0v) is 15.4. The Morgan fingerprint density at radius 3 is 2.52 bits per heavy atom. The summed E-state index contributed by atoms with van der Waals surface area (Å²) in [5.41, 5.74) is 3.55. The number of rotatable bonds is 5. The highest BCUT2D eigenvalue weighted by Crippen LogP contribution is 2.22. The van der Waals surface area contributed by atoms with Crippen LogP contribution in [0.15, 0.2) is 52.9 Å². The average Bonchev–Trinajstić information content (AvgIpc) is 3.05. The van der Waals surface area contributed by atoms with E-state index in [1.807, 2.05) is 62.4 Å². The largest absolute Gasteiger partial charge is 0.451 e. The standard InChI is InChI=1S/C21H20N2O4/c1-13-9-10-17(14(2)11-13)22-18(24)12-26-21(25)19-15(3)27-20(23-19)16-7-5-4-6-8-16/h4-11H,12H2,1-3H3,(H,22,24). The van der Waals surface area contributed by atoms with E-state index in [2.05, 4.69) is 10.3 Å². The first-order valence-corrected chi connectivity index (χ1v) is 8.51. The van der Waals surface area contributed by atoms with E-state index in [-0.39, 0.29) is 5.69 Å². The Morgan fingerprint density at radius 1 is 1.07 bits per heavy atom. The molecule has 0 aliphatic rings. The van der Waals surface area contributed by atoms with Crippen LogP contribution in [0.5, 0.6) is 0 Å². The molecule has 0 saturated heterocycles. The van der Waals surface area contributed by atoms with E-state index in [0.29, 0.717) is 17.3 Å². The van der Waals surface area contributed by atoms with Crippen molar-refractivity contribution in [1.29, 1.82) is 0 Å². The van der Waals surface area contributed by atoms with Crippen molar-refractivity contribution in [2.24, 2.45) is 0 Å². The topological polar surface area (TPSA) is 81.4 Å². The van der Waals surface area contributed by atoms with Gasteiger partial charge in [0.2, 0.25) is 5.89 Å². The zero-order chi connectivity index (χ0) is 19.4. The number of hydrogen-bond acceptors (Lipinski definition) is 5. The summed E-state index contributed by atoms with van der Waals surface area (Å²) in [6.45, 7) is 5.10. The van der Waals surface area contributed by atoms with Crippen LogP contribution in [0.4, 0.5) is 5.69 Å². The van der Waals surface area contributed by atoms with Gasteiger partial charge in [-0.15, -0.1) is 0 Å². The summed E-state index contributed by atoms with van der Waals surface area (Å²) >= 11 is 0. The smallest absolute Gasteiger partial charge is 0.361 e. The molecular weight excluding hydrogens is 344 g/mol. The highest BCUT2D eigenvalue weighted by Gasteiger charge is 2.20. The summed E-state index contributed by atoms with van der Waals surface area (Å²) in [5.74, 6) is -0.442. The number of carbonyl (C=O) groups is 2. The van der Waals surface area contributed by atoms with E-state index in [1.54, 1.807) is 6.92 Å². The molecule has 1 N–H and O–H groups in total. The van der Waals surface area contributed by atoms with Crippen LogP contribution in [0.3, 0.4) is 0 Å². The lowest BCUT2D eigenvalue weighted by molar-refractivity contribution is -0.119. The van der Waals surface area contributed by atoms with Gasteiger partial charge in [-0.1, -0.05) is 35.9 Å². The van der Waals surface area contributed by atoms with Crippen LogP contribution >= 0.6 is 0 Å². The van der Waals surface area contributed by atoms with Crippen LogP contribution in [-0.2, 0) is 9.53 Å². The molecule has 0 aliphatic carbocycles. The molecule has 2 aromatic carbocycles. The van der Waals surface area contributed by atoms with Crippen LogP contribution < -0.4 is 5.32 Å². The molecule has 3 rings (SSSR count). The van der Waals surface area contributed by atoms with Crippen molar-refractivity contribution in [2.75, 3.05) is 11.9 Å². The van der Waals surface area contributed by atoms with Crippen LogP contribution in [0, 0.1) is 20.8 Å². The van der Waals surface area contributed by atoms with Gasteiger partial charge in [0.1, 0.15) is 5.76 Å². The maximum Gasteiger partial charge on any atom is 0.361 e. The first kappa shape index (κ1) is 18.4. The lowest BCUT2D eigenvalue weighted by atomic mass is 10.1. The molecule has 1 heterocycles. The van der Waals surface area contributed by atoms with Crippen molar-refractivity contribution in [3.8, 4) is 11.5 Å². The predicted molar refractivity (Wildman–Crippen MR) is 102 cm³/mol. The van der Waals surface area contributed by atoms with E-state index in [1.165, 1.54) is 0 Å². The second kappa shape index (κ2) is 7.86. The first-order valence-electron chi connectivity index (χ1n) is 8.51. The number of aryl methyl sites for hydroxylation is 3. The molecule has 0 spiro atoms. The molecule has 0 saturated carbocycles. The average molecular weight is 364 g/mol. The molecule has 0 bridgehead atoms. The Kier molecular flexibility index (Phi) is 5.35. The van der Waals surface area contributed by atoms with Crippen molar-refractivity contribution in [1.82, 2.24) is 4.98 Å². The molecular formula is C21H20N2O4. The Labute approximate surface area is 157 Å². The lowest BCUT2D eigenvalue weighted by Gasteiger charge is -2.09. The summed E-state index contributed by atoms with van der Waals surface area (Å²) in [6, 6.07) is 14.9. The number of hydrogen-bond donors (Lipinski definition) is 1. The third kappa shape index (κ3) is 4.41. The first-order chi connectivity index (χ1) is 12.9. The van der Waals surface area contributed by atoms with Gasteiger partial charge in [-0.2, -0.15) is 0 Å². The minimum absolute atomic E-state index is 0.0631. The molecule has 0 fully saturated rings. The van der Waals surface area contributed by atoms with E-state index in [9.17, 15) is 9.59 Å². The number of nitrogens with zero attached hydrogens (tertiary/aromatic N) is 1. The van der Waals surface area contributed by atoms with Gasteiger partial charge in [0.25, 0.3) is 5.91 Å². The zero-order valence-electron chi connectivity index (χ0n) is 15.4. The van der Waals surface area contributed by atoms with E-state index >= 15 is 0 Å². The molecule has 138 valence electrons. The Morgan fingerprint density at radius 2 is 1.81 bits per heavy atom. The second-order valence-corrected chi connectivity index (χ2v) is 6.23. The van der Waals surface area contributed by atoms with Crippen molar-refractivity contribution in [3.63, 3.8) is 0 Å². The monoisotopic (exact) mass is 364 g/mol. The maximum atomic E-state index is 12.3. The van der Waals surface area contributed by atoms with Gasteiger partial charge in [-0.3, -0.25) is 4.79 Å². The van der Waals surface area contributed by atoms with E-state index in [0.717, 1.165) is 16.7 Å². The molecule has 0 aliphatic heterocycles. The van der Waals surface area contributed by atoms with Crippen molar-refractivity contribution >= 4 is 17.6 Å². The Balaban J connectivity index is 1.62. The van der Waals surface area contributed by atoms with Crippen molar-refractivity contribution < 1.29 is 18.7 Å². The summed E-state index contributed by atoms with van der Waals surface area (Å²) in [4.78, 5) is 28.5. The fourth-order valence-electron chi connectivity index (χ4n) is 2.63. The normalized spacial score (nSPS) is 10.5. The third-order valence-electron chi connectivity index (χ3n) is 4.00. The number of amides is 1. The number of nitrogens with one attached hydrogen (secondary N) is 1. The van der Waals surface area contributed by atoms with Crippen LogP contribution in [0.25, 0.3) is 11.5 Å². The molecule has 27 heavy (non-hydrogen) atoms. The molecule has 3 aromatic rings. The fraction of sp³-hybridized carbons (Fsp3) is 0.190. The number of anilines is 1. The number of benzene rings is 2. The summed E-state index contributed by atoms with van der Waals surface area (Å²) in [5, 5.41) is 2.73. The van der Waals surface area contributed by atoms with Crippen molar-refractivity contribution in [2.45, 2.75) is 20.8 Å². The number of aromatic nitrogens is 1. The highest BCUT2D eigenvalue weighted by atomic mass is 16.5. The van der Waals surface area contributed by atoms with Crippen LogP contribution in [0.2, 0.25) is 0 Å². The van der Waals surface area contributed by atoms with Gasteiger partial charge in [0.15, 0.2) is 12.3 Å². The van der Waals surface area contributed by atoms with Gasteiger partial charge in [-0.25, -0.2) is 9.78 Å². The second-order valence-electron chi connectivity index (χ2n) is 6.23. The van der Waals surface area contributed by atoms with E-state index in [4.69, 9.17) is 9.15 Å². The van der Waals surface area contributed by atoms with Gasteiger partial charge >= 0.3 is 5.97 Å². The predicted octanol–water partition coefficient (Wildman–Crippen LogP) is 4.06. The molecule has 0 atom stereocenters. The molecule has 1 amide bonds. The van der Waals surface area contributed by atoms with Crippen LogP contribution in [-0.4, -0.2) is 23.5 Å².